The summed E-state index contributed by atoms with van der Waals surface area (Å²) in [6, 6.07) is 14.9. The SMILES string of the molecule is O=C(Nc1ccc2c(c1)OCO2)C1CCN(C(=O)c2ccc(Cn3cccn3)cc2)CC1. The summed E-state index contributed by atoms with van der Waals surface area (Å²) >= 11 is 0. The number of nitrogens with one attached hydrogen (secondary N) is 1. The highest BCUT2D eigenvalue weighted by Crippen LogP contribution is 2.34. The number of amides is 2. The molecule has 2 aliphatic rings. The summed E-state index contributed by atoms with van der Waals surface area (Å²) in [4.78, 5) is 27.4. The van der Waals surface area contributed by atoms with Crippen LogP contribution in [0.4, 0.5) is 5.69 Å². The number of ether oxygens (including phenoxy) is 2. The number of carbonyl (C=O) groups is 2. The van der Waals surface area contributed by atoms with Gasteiger partial charge in [0.2, 0.25) is 12.7 Å². The minimum absolute atomic E-state index is 0.00488. The van der Waals surface area contributed by atoms with Crippen molar-refractivity contribution in [3.63, 3.8) is 0 Å². The van der Waals surface area contributed by atoms with E-state index >= 15 is 0 Å². The second-order valence-corrected chi connectivity index (χ2v) is 8.02. The summed E-state index contributed by atoms with van der Waals surface area (Å²) in [7, 11) is 0. The summed E-state index contributed by atoms with van der Waals surface area (Å²) < 4.78 is 12.5. The molecule has 0 bridgehead atoms. The van der Waals surface area contributed by atoms with Gasteiger partial charge >= 0.3 is 0 Å². The van der Waals surface area contributed by atoms with Gasteiger partial charge in [0.1, 0.15) is 0 Å². The fourth-order valence-corrected chi connectivity index (χ4v) is 4.08. The second kappa shape index (κ2) is 8.74. The van der Waals surface area contributed by atoms with Crippen LogP contribution < -0.4 is 14.8 Å². The Labute approximate surface area is 185 Å². The molecule has 1 aromatic heterocycles. The van der Waals surface area contributed by atoms with E-state index in [9.17, 15) is 9.59 Å². The molecule has 0 radical (unpaired) electrons. The molecule has 2 aliphatic heterocycles. The lowest BCUT2D eigenvalue weighted by Crippen LogP contribution is -2.41. The normalized spacial score (nSPS) is 15.6. The number of likely N-dealkylation sites (tertiary alicyclic amines) is 1. The Kier molecular flexibility index (Phi) is 5.49. The van der Waals surface area contributed by atoms with E-state index in [0.717, 1.165) is 5.56 Å². The van der Waals surface area contributed by atoms with Gasteiger partial charge in [-0.05, 0) is 48.7 Å². The first kappa shape index (κ1) is 20.1. The number of rotatable bonds is 5. The summed E-state index contributed by atoms with van der Waals surface area (Å²) in [5.41, 5.74) is 2.44. The van der Waals surface area contributed by atoms with Crippen LogP contribution >= 0.6 is 0 Å². The van der Waals surface area contributed by atoms with E-state index in [0.29, 0.717) is 55.2 Å². The molecule has 3 heterocycles. The van der Waals surface area contributed by atoms with Crippen molar-refractivity contribution < 1.29 is 19.1 Å². The molecule has 1 fully saturated rings. The van der Waals surface area contributed by atoms with Crippen molar-refractivity contribution in [2.24, 2.45) is 5.92 Å². The zero-order chi connectivity index (χ0) is 21.9. The number of nitrogens with zero attached hydrogens (tertiary/aromatic N) is 3. The molecule has 8 heteroatoms. The van der Waals surface area contributed by atoms with Gasteiger partial charge in [-0.15, -0.1) is 0 Å². The lowest BCUT2D eigenvalue weighted by atomic mass is 9.95. The second-order valence-electron chi connectivity index (χ2n) is 8.02. The van der Waals surface area contributed by atoms with Gasteiger partial charge in [0.25, 0.3) is 5.91 Å². The zero-order valence-electron chi connectivity index (χ0n) is 17.6. The van der Waals surface area contributed by atoms with E-state index in [1.165, 1.54) is 0 Å². The first-order chi connectivity index (χ1) is 15.7. The van der Waals surface area contributed by atoms with Gasteiger partial charge in [-0.3, -0.25) is 14.3 Å². The van der Waals surface area contributed by atoms with Crippen molar-refractivity contribution in [2.45, 2.75) is 19.4 Å². The summed E-state index contributed by atoms with van der Waals surface area (Å²) in [5.74, 6) is 1.17. The molecule has 5 rings (SSSR count). The van der Waals surface area contributed by atoms with Crippen LogP contribution in [0.1, 0.15) is 28.8 Å². The highest BCUT2D eigenvalue weighted by atomic mass is 16.7. The molecule has 2 aromatic carbocycles. The summed E-state index contributed by atoms with van der Waals surface area (Å²) in [6.45, 7) is 2.00. The molecule has 0 saturated carbocycles. The molecule has 32 heavy (non-hydrogen) atoms. The maximum absolute atomic E-state index is 12.9. The predicted octanol–water partition coefficient (Wildman–Crippen LogP) is 3.15. The zero-order valence-corrected chi connectivity index (χ0v) is 17.6. The molecule has 8 nitrogen and oxygen atoms in total. The van der Waals surface area contributed by atoms with E-state index < -0.39 is 0 Å². The number of piperidine rings is 1. The fourth-order valence-electron chi connectivity index (χ4n) is 4.08. The van der Waals surface area contributed by atoms with Gasteiger partial charge in [-0.2, -0.15) is 5.10 Å². The molecule has 3 aromatic rings. The average Bonchev–Trinajstić information content (AvgIpc) is 3.51. The van der Waals surface area contributed by atoms with E-state index in [-0.39, 0.29) is 24.5 Å². The molecule has 0 spiro atoms. The highest BCUT2D eigenvalue weighted by molar-refractivity contribution is 5.95. The topological polar surface area (TPSA) is 85.7 Å². The first-order valence-electron chi connectivity index (χ1n) is 10.7. The van der Waals surface area contributed by atoms with Gasteiger partial charge in [-0.1, -0.05) is 12.1 Å². The third-order valence-corrected chi connectivity index (χ3v) is 5.90. The van der Waals surface area contributed by atoms with Crippen LogP contribution in [0.15, 0.2) is 60.9 Å². The molecular weight excluding hydrogens is 408 g/mol. The highest BCUT2D eigenvalue weighted by Gasteiger charge is 2.28. The Morgan fingerprint density at radius 1 is 1.03 bits per heavy atom. The smallest absolute Gasteiger partial charge is 0.253 e. The van der Waals surface area contributed by atoms with Gasteiger partial charge in [0.05, 0.1) is 6.54 Å². The van der Waals surface area contributed by atoms with Gasteiger partial charge in [0.15, 0.2) is 11.5 Å². The van der Waals surface area contributed by atoms with Crippen molar-refractivity contribution in [1.82, 2.24) is 14.7 Å². The molecule has 164 valence electrons. The molecule has 1 saturated heterocycles. The third kappa shape index (κ3) is 4.30. The van der Waals surface area contributed by atoms with E-state index in [1.807, 2.05) is 46.1 Å². The number of benzene rings is 2. The van der Waals surface area contributed by atoms with Crippen molar-refractivity contribution in [1.29, 1.82) is 0 Å². The number of carbonyl (C=O) groups excluding carboxylic acids is 2. The number of aromatic nitrogens is 2. The van der Waals surface area contributed by atoms with Crippen LogP contribution in [0.2, 0.25) is 0 Å². The third-order valence-electron chi connectivity index (χ3n) is 5.90. The Bertz CT molecular complexity index is 1100. The molecule has 0 aliphatic carbocycles. The van der Waals surface area contributed by atoms with Crippen molar-refractivity contribution in [3.05, 3.63) is 72.1 Å². The van der Waals surface area contributed by atoms with Crippen molar-refractivity contribution in [2.75, 3.05) is 25.2 Å². The summed E-state index contributed by atoms with van der Waals surface area (Å²) in [6.07, 6.45) is 4.93. The largest absolute Gasteiger partial charge is 0.454 e. The van der Waals surface area contributed by atoms with E-state index in [2.05, 4.69) is 10.4 Å². The Balaban J connectivity index is 1.14. The number of fused-ring (bicyclic) bond motifs is 1. The maximum atomic E-state index is 12.9. The minimum atomic E-state index is -0.124. The standard InChI is InChI=1S/C24H24N4O4/c29-23(26-20-6-7-21-22(14-20)32-16-31-21)18-8-12-27(13-9-18)24(30)19-4-2-17(3-5-19)15-28-11-1-10-25-28/h1-7,10-11,14,18H,8-9,12-13,15-16H2,(H,26,29). The van der Waals surface area contributed by atoms with Crippen molar-refractivity contribution >= 4 is 17.5 Å². The summed E-state index contributed by atoms with van der Waals surface area (Å²) in [5, 5.41) is 7.16. The number of anilines is 1. The average molecular weight is 432 g/mol. The molecule has 1 N–H and O–H groups in total. The van der Waals surface area contributed by atoms with E-state index in [1.54, 1.807) is 24.4 Å². The Morgan fingerprint density at radius 3 is 2.56 bits per heavy atom. The first-order valence-corrected chi connectivity index (χ1v) is 10.7. The van der Waals surface area contributed by atoms with Crippen LogP contribution in [-0.2, 0) is 11.3 Å². The number of hydrogen-bond donors (Lipinski definition) is 1. The van der Waals surface area contributed by atoms with Gasteiger partial charge < -0.3 is 19.7 Å². The lowest BCUT2D eigenvalue weighted by molar-refractivity contribution is -0.121. The van der Waals surface area contributed by atoms with Crippen LogP contribution in [0, 0.1) is 5.92 Å². The Morgan fingerprint density at radius 2 is 1.81 bits per heavy atom. The maximum Gasteiger partial charge on any atom is 0.253 e. The quantitative estimate of drug-likeness (QED) is 0.670. The van der Waals surface area contributed by atoms with E-state index in [4.69, 9.17) is 9.47 Å². The molecule has 0 unspecified atom stereocenters. The van der Waals surface area contributed by atoms with Gasteiger partial charge in [0, 0.05) is 48.7 Å². The lowest BCUT2D eigenvalue weighted by Gasteiger charge is -2.31. The minimum Gasteiger partial charge on any atom is -0.454 e. The molecule has 2 amide bonds. The number of hydrogen-bond acceptors (Lipinski definition) is 5. The molecule has 0 atom stereocenters. The van der Waals surface area contributed by atoms with Crippen LogP contribution in [-0.4, -0.2) is 46.4 Å². The van der Waals surface area contributed by atoms with Gasteiger partial charge in [-0.25, -0.2) is 0 Å². The van der Waals surface area contributed by atoms with Crippen LogP contribution in [0.5, 0.6) is 11.5 Å². The van der Waals surface area contributed by atoms with Crippen LogP contribution in [0.3, 0.4) is 0 Å². The monoisotopic (exact) mass is 432 g/mol. The fraction of sp³-hybridized carbons (Fsp3) is 0.292. The van der Waals surface area contributed by atoms with Crippen molar-refractivity contribution in [3.8, 4) is 11.5 Å². The predicted molar refractivity (Wildman–Crippen MR) is 118 cm³/mol. The van der Waals surface area contributed by atoms with Crippen LogP contribution in [0.25, 0.3) is 0 Å². The Hall–Kier alpha value is -3.81. The molecular formula is C24H24N4O4.